The zero-order valence-electron chi connectivity index (χ0n) is 13.0. The lowest BCUT2D eigenvalue weighted by molar-refractivity contribution is -0.135. The lowest BCUT2D eigenvalue weighted by atomic mass is 9.90. The van der Waals surface area contributed by atoms with E-state index in [1.165, 1.54) is 44.2 Å². The van der Waals surface area contributed by atoms with Gasteiger partial charge in [0.05, 0.1) is 16.4 Å². The second kappa shape index (κ2) is 7.20. The largest absolute Gasteiger partial charge is 0.324 e. The third-order valence-corrected chi connectivity index (χ3v) is 3.98. The lowest BCUT2D eigenvalue weighted by Crippen LogP contribution is -2.41. The highest BCUT2D eigenvalue weighted by atomic mass is 35.5. The zero-order valence-corrected chi connectivity index (χ0v) is 14.5. The Morgan fingerprint density at radius 2 is 1.54 bits per heavy atom. The molecule has 0 saturated carbocycles. The number of carbonyl (C=O) groups is 2. The van der Waals surface area contributed by atoms with Gasteiger partial charge in [-0.15, -0.1) is 0 Å². The van der Waals surface area contributed by atoms with E-state index in [0.29, 0.717) is 10.7 Å². The minimum atomic E-state index is -1.45. The van der Waals surface area contributed by atoms with Crippen LogP contribution in [-0.2, 0) is 9.59 Å². The molecule has 126 valence electrons. The average molecular weight is 369 g/mol. The van der Waals surface area contributed by atoms with Gasteiger partial charge in [0.25, 0.3) is 0 Å². The Kier molecular flexibility index (Phi) is 5.47. The van der Waals surface area contributed by atoms with Crippen LogP contribution in [0.15, 0.2) is 42.5 Å². The molecule has 0 aromatic heterocycles. The molecule has 0 heterocycles. The van der Waals surface area contributed by atoms with Crippen molar-refractivity contribution in [3.05, 3.63) is 58.3 Å². The van der Waals surface area contributed by atoms with E-state index in [1.807, 2.05) is 0 Å². The van der Waals surface area contributed by atoms with Crippen LogP contribution >= 0.6 is 23.2 Å². The van der Waals surface area contributed by atoms with Gasteiger partial charge >= 0.3 is 0 Å². The first-order valence-corrected chi connectivity index (χ1v) is 7.80. The fraction of sp³-hybridized carbons (Fsp3) is 0.176. The molecule has 2 N–H and O–H groups in total. The van der Waals surface area contributed by atoms with Crippen molar-refractivity contribution in [2.45, 2.75) is 13.8 Å². The number of amides is 2. The summed E-state index contributed by atoms with van der Waals surface area (Å²) in [6, 6.07) is 10.3. The highest BCUT2D eigenvalue weighted by Gasteiger charge is 2.36. The van der Waals surface area contributed by atoms with Crippen LogP contribution in [-0.4, -0.2) is 11.8 Å². The minimum Gasteiger partial charge on any atom is -0.324 e. The number of nitrogens with one attached hydrogen (secondary N) is 2. The molecule has 0 fully saturated rings. The van der Waals surface area contributed by atoms with E-state index < -0.39 is 23.0 Å². The maximum Gasteiger partial charge on any atom is 0.239 e. The Morgan fingerprint density at radius 3 is 2.12 bits per heavy atom. The first-order chi connectivity index (χ1) is 11.2. The van der Waals surface area contributed by atoms with Gasteiger partial charge in [0, 0.05) is 5.02 Å². The van der Waals surface area contributed by atoms with E-state index in [1.54, 1.807) is 12.1 Å². The number of rotatable bonds is 4. The van der Waals surface area contributed by atoms with E-state index >= 15 is 0 Å². The summed E-state index contributed by atoms with van der Waals surface area (Å²) in [6.45, 7) is 2.87. The molecular formula is C17H15Cl2FN2O2. The Bertz CT molecular complexity index is 794. The molecule has 0 aliphatic heterocycles. The molecular weight excluding hydrogens is 354 g/mol. The summed E-state index contributed by atoms with van der Waals surface area (Å²) >= 11 is 11.8. The maximum atomic E-state index is 13.6. The molecule has 0 unspecified atom stereocenters. The average Bonchev–Trinajstić information content (AvgIpc) is 2.52. The van der Waals surface area contributed by atoms with Crippen molar-refractivity contribution in [2.75, 3.05) is 10.6 Å². The monoisotopic (exact) mass is 368 g/mol. The van der Waals surface area contributed by atoms with E-state index in [9.17, 15) is 14.0 Å². The summed E-state index contributed by atoms with van der Waals surface area (Å²) in [5, 5.41) is 5.66. The highest BCUT2D eigenvalue weighted by molar-refractivity contribution is 6.36. The van der Waals surface area contributed by atoms with Gasteiger partial charge in [-0.2, -0.15) is 0 Å². The van der Waals surface area contributed by atoms with Gasteiger partial charge < -0.3 is 10.6 Å². The standard InChI is InChI=1S/C17H15Cl2FN2O2/c1-17(2,16(24)22-14-6-4-3-5-12(14)20)15(23)21-13-8-7-10(18)9-11(13)19/h3-9H,1-2H3,(H,21,23)(H,22,24). The summed E-state index contributed by atoms with van der Waals surface area (Å²) in [5.74, 6) is -1.81. The quantitative estimate of drug-likeness (QED) is 0.765. The molecule has 0 aliphatic carbocycles. The molecule has 0 atom stereocenters. The number of halogens is 3. The first kappa shape index (κ1) is 18.2. The topological polar surface area (TPSA) is 58.2 Å². The smallest absolute Gasteiger partial charge is 0.239 e. The number of anilines is 2. The Morgan fingerprint density at radius 1 is 0.958 bits per heavy atom. The molecule has 7 heteroatoms. The number of benzene rings is 2. The van der Waals surface area contributed by atoms with Crippen LogP contribution < -0.4 is 10.6 Å². The molecule has 0 spiro atoms. The Labute approximate surface area is 149 Å². The lowest BCUT2D eigenvalue weighted by Gasteiger charge is -2.23. The molecule has 0 saturated heterocycles. The third-order valence-electron chi connectivity index (χ3n) is 3.44. The van der Waals surface area contributed by atoms with Gasteiger partial charge in [0.1, 0.15) is 11.2 Å². The first-order valence-electron chi connectivity index (χ1n) is 7.04. The third kappa shape index (κ3) is 4.04. The van der Waals surface area contributed by atoms with E-state index in [-0.39, 0.29) is 10.7 Å². The fourth-order valence-corrected chi connectivity index (χ4v) is 2.27. The van der Waals surface area contributed by atoms with Gasteiger partial charge in [-0.3, -0.25) is 9.59 Å². The van der Waals surface area contributed by atoms with Crippen molar-refractivity contribution in [1.29, 1.82) is 0 Å². The number of hydrogen-bond donors (Lipinski definition) is 2. The Balaban J connectivity index is 2.14. The van der Waals surface area contributed by atoms with Crippen LogP contribution in [0.3, 0.4) is 0 Å². The molecule has 2 amide bonds. The van der Waals surface area contributed by atoms with Crippen LogP contribution in [0.2, 0.25) is 10.0 Å². The SMILES string of the molecule is CC(C)(C(=O)Nc1ccccc1F)C(=O)Nc1ccc(Cl)cc1Cl. The summed E-state index contributed by atoms with van der Waals surface area (Å²) < 4.78 is 13.6. The van der Waals surface area contributed by atoms with Crippen molar-refractivity contribution in [2.24, 2.45) is 5.41 Å². The Hall–Kier alpha value is -2.11. The van der Waals surface area contributed by atoms with Gasteiger partial charge in [-0.25, -0.2) is 4.39 Å². The molecule has 24 heavy (non-hydrogen) atoms. The normalized spacial score (nSPS) is 11.0. The van der Waals surface area contributed by atoms with E-state index in [4.69, 9.17) is 23.2 Å². The fourth-order valence-electron chi connectivity index (χ4n) is 1.81. The highest BCUT2D eigenvalue weighted by Crippen LogP contribution is 2.28. The van der Waals surface area contributed by atoms with Crippen LogP contribution in [0, 0.1) is 11.2 Å². The molecule has 2 aromatic rings. The second-order valence-electron chi connectivity index (χ2n) is 5.64. The molecule has 4 nitrogen and oxygen atoms in total. The summed E-state index contributed by atoms with van der Waals surface area (Å²) in [5.41, 5.74) is -1.11. The van der Waals surface area contributed by atoms with Crippen LogP contribution in [0.1, 0.15) is 13.8 Å². The van der Waals surface area contributed by atoms with Crippen molar-refractivity contribution >= 4 is 46.4 Å². The van der Waals surface area contributed by atoms with E-state index in [0.717, 1.165) is 0 Å². The molecule has 0 bridgehead atoms. The van der Waals surface area contributed by atoms with Crippen molar-refractivity contribution in [3.63, 3.8) is 0 Å². The van der Waals surface area contributed by atoms with Crippen LogP contribution in [0.25, 0.3) is 0 Å². The van der Waals surface area contributed by atoms with Crippen molar-refractivity contribution in [3.8, 4) is 0 Å². The van der Waals surface area contributed by atoms with E-state index in [2.05, 4.69) is 10.6 Å². The molecule has 2 rings (SSSR count). The summed E-state index contributed by atoms with van der Waals surface area (Å²) in [4.78, 5) is 24.8. The molecule has 2 aromatic carbocycles. The molecule has 0 radical (unpaired) electrons. The number of hydrogen-bond acceptors (Lipinski definition) is 2. The van der Waals surface area contributed by atoms with Gasteiger partial charge in [0.2, 0.25) is 11.8 Å². The predicted molar refractivity (Wildman–Crippen MR) is 93.9 cm³/mol. The van der Waals surface area contributed by atoms with Crippen molar-refractivity contribution in [1.82, 2.24) is 0 Å². The second-order valence-corrected chi connectivity index (χ2v) is 6.48. The summed E-state index contributed by atoms with van der Waals surface area (Å²) in [7, 11) is 0. The van der Waals surface area contributed by atoms with Crippen molar-refractivity contribution < 1.29 is 14.0 Å². The molecule has 0 aliphatic rings. The predicted octanol–water partition coefficient (Wildman–Crippen LogP) is 4.74. The van der Waals surface area contributed by atoms with Gasteiger partial charge in [-0.05, 0) is 44.2 Å². The van der Waals surface area contributed by atoms with Gasteiger partial charge in [-0.1, -0.05) is 35.3 Å². The van der Waals surface area contributed by atoms with Crippen LogP contribution in [0.5, 0.6) is 0 Å². The van der Waals surface area contributed by atoms with Gasteiger partial charge in [0.15, 0.2) is 0 Å². The minimum absolute atomic E-state index is 0.00732. The van der Waals surface area contributed by atoms with Crippen LogP contribution in [0.4, 0.5) is 15.8 Å². The number of carbonyl (C=O) groups excluding carboxylic acids is 2. The maximum absolute atomic E-state index is 13.6. The zero-order chi connectivity index (χ0) is 17.9. The summed E-state index contributed by atoms with van der Waals surface area (Å²) in [6.07, 6.45) is 0. The number of para-hydroxylation sites is 1.